The van der Waals surface area contributed by atoms with Crippen molar-refractivity contribution in [2.45, 2.75) is 6.92 Å². The van der Waals surface area contributed by atoms with E-state index in [9.17, 15) is 4.79 Å². The predicted octanol–water partition coefficient (Wildman–Crippen LogP) is -1.49. The molecular formula is C2H7CaNO2. The van der Waals surface area contributed by atoms with E-state index in [1.165, 1.54) is 6.92 Å². The summed E-state index contributed by atoms with van der Waals surface area (Å²) in [6, 6.07) is 0. The summed E-state index contributed by atoms with van der Waals surface area (Å²) in [4.78, 5) is 13.1. The van der Waals surface area contributed by atoms with Crippen molar-refractivity contribution in [2.75, 3.05) is 0 Å². The van der Waals surface area contributed by atoms with Gasteiger partial charge in [0.25, 0.3) is 0 Å². The number of rotatable bonds is 0. The van der Waals surface area contributed by atoms with E-state index in [1.807, 2.05) is 0 Å². The summed E-state index contributed by atoms with van der Waals surface area (Å²) < 4.78 is 0. The number of carbonyl (C=O) groups is 1. The van der Waals surface area contributed by atoms with Crippen LogP contribution < -0.4 is 5.90 Å². The molecule has 0 aromatic rings. The van der Waals surface area contributed by atoms with E-state index < -0.39 is 5.97 Å². The number of hydrogen-bond acceptors (Lipinski definition) is 3. The van der Waals surface area contributed by atoms with Crippen LogP contribution in [-0.4, -0.2) is 43.7 Å². The molecule has 0 aliphatic heterocycles. The van der Waals surface area contributed by atoms with Crippen LogP contribution in [0.5, 0.6) is 0 Å². The summed E-state index contributed by atoms with van der Waals surface area (Å²) in [5, 5.41) is 0. The molecule has 0 amide bonds. The normalized spacial score (nSPS) is 5.67. The molecule has 2 N–H and O–H groups in total. The Morgan fingerprint density at radius 3 is 2.00 bits per heavy atom. The van der Waals surface area contributed by atoms with Gasteiger partial charge >= 0.3 is 43.7 Å². The first kappa shape index (κ1) is 9.85. The number of nitrogens with two attached hydrogens (primary N) is 1. The minimum absolute atomic E-state index is 0. The molecule has 0 aliphatic carbocycles. The zero-order chi connectivity index (χ0) is 4.28. The molecule has 0 fully saturated rings. The Hall–Kier alpha value is 0.690. The van der Waals surface area contributed by atoms with E-state index in [4.69, 9.17) is 0 Å². The van der Waals surface area contributed by atoms with Crippen molar-refractivity contribution in [3.63, 3.8) is 0 Å². The SMILES string of the molecule is CC(=O)ON.[CaH2]. The second-order valence-corrected chi connectivity index (χ2v) is 0.609. The minimum atomic E-state index is -0.468. The Balaban J connectivity index is 0. The van der Waals surface area contributed by atoms with Crippen molar-refractivity contribution >= 4 is 43.7 Å². The fourth-order valence-electron chi connectivity index (χ4n) is 0. The van der Waals surface area contributed by atoms with E-state index in [2.05, 4.69) is 10.7 Å². The van der Waals surface area contributed by atoms with Gasteiger partial charge in [-0.25, -0.2) is 0 Å². The third-order valence-corrected chi connectivity index (χ3v) is 0.166. The second-order valence-electron chi connectivity index (χ2n) is 0.609. The Kier molecular flexibility index (Phi) is 9.34. The quantitative estimate of drug-likeness (QED) is 0.310. The topological polar surface area (TPSA) is 52.3 Å². The number of hydrogen-bond donors (Lipinski definition) is 1. The molecule has 4 heteroatoms. The molecule has 0 unspecified atom stereocenters. The summed E-state index contributed by atoms with van der Waals surface area (Å²) in [7, 11) is 0. The first-order chi connectivity index (χ1) is 2.27. The zero-order valence-electron chi connectivity index (χ0n) is 2.89. The first-order valence-electron chi connectivity index (χ1n) is 1.14. The van der Waals surface area contributed by atoms with Crippen molar-refractivity contribution in [3.05, 3.63) is 0 Å². The van der Waals surface area contributed by atoms with Gasteiger partial charge in [0.15, 0.2) is 0 Å². The fraction of sp³-hybridized carbons (Fsp3) is 0.500. The van der Waals surface area contributed by atoms with Crippen LogP contribution in [0.15, 0.2) is 0 Å². The maximum atomic E-state index is 9.47. The molecule has 0 aliphatic rings. The van der Waals surface area contributed by atoms with Gasteiger partial charge in [-0.05, 0) is 0 Å². The van der Waals surface area contributed by atoms with Crippen molar-refractivity contribution in [1.29, 1.82) is 0 Å². The van der Waals surface area contributed by atoms with E-state index in [0.29, 0.717) is 0 Å². The average Bonchev–Trinajstić information content (AvgIpc) is 1.38. The van der Waals surface area contributed by atoms with Crippen molar-refractivity contribution in [1.82, 2.24) is 0 Å². The van der Waals surface area contributed by atoms with Crippen molar-refractivity contribution in [2.24, 2.45) is 5.90 Å². The van der Waals surface area contributed by atoms with Gasteiger partial charge in [-0.3, -0.25) is 4.79 Å². The van der Waals surface area contributed by atoms with Gasteiger partial charge in [-0.15, -0.1) is 0 Å². The van der Waals surface area contributed by atoms with Gasteiger partial charge in [0.1, 0.15) is 0 Å². The van der Waals surface area contributed by atoms with Crippen LogP contribution in [0.4, 0.5) is 0 Å². The fourth-order valence-corrected chi connectivity index (χ4v) is 0. The van der Waals surface area contributed by atoms with Gasteiger partial charge in [-0.1, -0.05) is 0 Å². The molecular weight excluding hydrogens is 110 g/mol. The summed E-state index contributed by atoms with van der Waals surface area (Å²) in [6.07, 6.45) is 0. The van der Waals surface area contributed by atoms with Crippen LogP contribution in [0.2, 0.25) is 0 Å². The Labute approximate surface area is 65.8 Å². The first-order valence-corrected chi connectivity index (χ1v) is 1.14. The van der Waals surface area contributed by atoms with Crippen LogP contribution in [0.1, 0.15) is 6.92 Å². The molecule has 0 saturated heterocycles. The second kappa shape index (κ2) is 5.69. The summed E-state index contributed by atoms with van der Waals surface area (Å²) in [5.41, 5.74) is 0. The predicted molar refractivity (Wildman–Crippen MR) is 24.5 cm³/mol. The van der Waals surface area contributed by atoms with Crippen molar-refractivity contribution < 1.29 is 9.63 Å². The summed E-state index contributed by atoms with van der Waals surface area (Å²) >= 11 is 0. The van der Waals surface area contributed by atoms with E-state index >= 15 is 0 Å². The van der Waals surface area contributed by atoms with Crippen LogP contribution in [0, 0.1) is 0 Å². The van der Waals surface area contributed by atoms with E-state index in [0.717, 1.165) is 0 Å². The van der Waals surface area contributed by atoms with Crippen LogP contribution in [-0.2, 0) is 9.63 Å². The van der Waals surface area contributed by atoms with Crippen LogP contribution in [0.25, 0.3) is 0 Å². The standard InChI is InChI=1S/C2H5NO2.Ca.2H/c1-2(4)5-3;;;/h3H2,1H3;;;. The molecule has 0 heterocycles. The molecule has 0 atom stereocenters. The molecule has 6 heavy (non-hydrogen) atoms. The van der Waals surface area contributed by atoms with E-state index in [-0.39, 0.29) is 37.7 Å². The van der Waals surface area contributed by atoms with Gasteiger partial charge in [0.05, 0.1) is 0 Å². The van der Waals surface area contributed by atoms with Gasteiger partial charge in [-0.2, -0.15) is 5.90 Å². The molecule has 0 radical (unpaired) electrons. The Morgan fingerprint density at radius 1 is 1.83 bits per heavy atom. The molecule has 0 aromatic heterocycles. The summed E-state index contributed by atoms with van der Waals surface area (Å²) in [6.45, 7) is 1.24. The third-order valence-electron chi connectivity index (χ3n) is 0.166. The zero-order valence-corrected chi connectivity index (χ0v) is 2.89. The maximum absolute atomic E-state index is 9.47. The molecule has 0 saturated carbocycles. The summed E-state index contributed by atoms with van der Waals surface area (Å²) in [5.74, 6) is 3.85. The van der Waals surface area contributed by atoms with Gasteiger partial charge < -0.3 is 4.84 Å². The Morgan fingerprint density at radius 2 is 2.00 bits per heavy atom. The molecule has 34 valence electrons. The van der Waals surface area contributed by atoms with Crippen molar-refractivity contribution in [3.8, 4) is 0 Å². The third kappa shape index (κ3) is 8.83. The molecule has 0 bridgehead atoms. The van der Waals surface area contributed by atoms with Crippen LogP contribution in [0.3, 0.4) is 0 Å². The van der Waals surface area contributed by atoms with Gasteiger partial charge in [0.2, 0.25) is 0 Å². The molecule has 0 rings (SSSR count). The van der Waals surface area contributed by atoms with Crippen LogP contribution >= 0.6 is 0 Å². The molecule has 3 nitrogen and oxygen atoms in total. The van der Waals surface area contributed by atoms with E-state index in [1.54, 1.807) is 0 Å². The Bertz CT molecular complexity index is 46.8. The molecule has 0 spiro atoms. The van der Waals surface area contributed by atoms with Gasteiger partial charge in [0, 0.05) is 6.92 Å². The monoisotopic (exact) mass is 117 g/mol. The number of carbonyl (C=O) groups excluding carboxylic acids is 1. The molecule has 0 aromatic carbocycles. The average molecular weight is 117 g/mol.